The maximum Gasteiger partial charge on any atom is 0.186 e. The van der Waals surface area contributed by atoms with Crippen LogP contribution in [0.5, 0.6) is 0 Å². The zero-order valence-electron chi connectivity index (χ0n) is 8.01. The minimum atomic E-state index is 0.444. The molecular weight excluding hydrogens is 210 g/mol. The highest BCUT2D eigenvalue weighted by Gasteiger charge is 2.07. The van der Waals surface area contributed by atoms with Crippen molar-refractivity contribution in [3.8, 4) is 0 Å². The number of hydrogen-bond acceptors (Lipinski definition) is 5. The molecular formula is C9H11N5S. The Kier molecular flexibility index (Phi) is 2.86. The third kappa shape index (κ3) is 1.94. The second-order valence-corrected chi connectivity index (χ2v) is 3.46. The number of anilines is 1. The standard InChI is InChI=1S/C9H11N5S/c10-8-7-6(3-1-2-4-15)13-14-9(7)12-5-11-8/h1,3,5,15H,2,4H2,(H3,10,11,12,13,14). The van der Waals surface area contributed by atoms with E-state index in [1.54, 1.807) is 0 Å². The molecule has 0 radical (unpaired) electrons. The lowest BCUT2D eigenvalue weighted by molar-refractivity contribution is 1.08. The van der Waals surface area contributed by atoms with E-state index in [9.17, 15) is 0 Å². The third-order valence-corrected chi connectivity index (χ3v) is 2.25. The summed E-state index contributed by atoms with van der Waals surface area (Å²) in [5.74, 6) is 1.26. The molecule has 0 fully saturated rings. The number of aromatic amines is 1. The van der Waals surface area contributed by atoms with Gasteiger partial charge >= 0.3 is 0 Å². The summed E-state index contributed by atoms with van der Waals surface area (Å²) in [4.78, 5) is 7.93. The summed E-state index contributed by atoms with van der Waals surface area (Å²) in [6.45, 7) is 0. The van der Waals surface area contributed by atoms with Crippen LogP contribution in [-0.4, -0.2) is 25.9 Å². The van der Waals surface area contributed by atoms with Crippen LogP contribution >= 0.6 is 12.6 Å². The summed E-state index contributed by atoms with van der Waals surface area (Å²) in [7, 11) is 0. The van der Waals surface area contributed by atoms with Crippen molar-refractivity contribution in [2.24, 2.45) is 0 Å². The second-order valence-electron chi connectivity index (χ2n) is 3.01. The van der Waals surface area contributed by atoms with Gasteiger partial charge in [0.25, 0.3) is 0 Å². The monoisotopic (exact) mass is 221 g/mol. The smallest absolute Gasteiger partial charge is 0.186 e. The Bertz CT molecular complexity index is 490. The van der Waals surface area contributed by atoms with Crippen molar-refractivity contribution >= 4 is 35.6 Å². The molecule has 0 unspecified atom stereocenters. The number of aromatic nitrogens is 4. The lowest BCUT2D eigenvalue weighted by Crippen LogP contribution is -1.92. The molecule has 0 bridgehead atoms. The highest BCUT2D eigenvalue weighted by atomic mass is 32.1. The number of nitrogens with zero attached hydrogens (tertiary/aromatic N) is 3. The first-order chi connectivity index (χ1) is 7.33. The van der Waals surface area contributed by atoms with Crippen LogP contribution in [0.15, 0.2) is 12.4 Å². The zero-order chi connectivity index (χ0) is 10.7. The predicted octanol–water partition coefficient (Wildman–Crippen LogP) is 1.27. The molecule has 15 heavy (non-hydrogen) atoms. The second kappa shape index (κ2) is 4.31. The molecule has 2 aromatic rings. The molecule has 2 aromatic heterocycles. The Hall–Kier alpha value is -1.56. The maximum absolute atomic E-state index is 5.75. The quantitative estimate of drug-likeness (QED) is 0.682. The van der Waals surface area contributed by atoms with Crippen LogP contribution in [-0.2, 0) is 0 Å². The average Bonchev–Trinajstić information content (AvgIpc) is 2.63. The van der Waals surface area contributed by atoms with Crippen molar-refractivity contribution in [2.45, 2.75) is 6.42 Å². The minimum Gasteiger partial charge on any atom is -0.383 e. The number of thiol groups is 1. The van der Waals surface area contributed by atoms with E-state index >= 15 is 0 Å². The summed E-state index contributed by atoms with van der Waals surface area (Å²) >= 11 is 4.12. The number of nitrogens with one attached hydrogen (secondary N) is 1. The predicted molar refractivity (Wildman–Crippen MR) is 63.6 cm³/mol. The molecule has 6 heteroatoms. The molecule has 0 aliphatic carbocycles. The van der Waals surface area contributed by atoms with Crippen LogP contribution in [0, 0.1) is 0 Å². The number of H-pyrrole nitrogens is 1. The van der Waals surface area contributed by atoms with Crippen molar-refractivity contribution in [1.29, 1.82) is 0 Å². The molecule has 0 amide bonds. The van der Waals surface area contributed by atoms with E-state index in [1.807, 2.05) is 12.2 Å². The van der Waals surface area contributed by atoms with E-state index < -0.39 is 0 Å². The molecule has 5 nitrogen and oxygen atoms in total. The highest BCUT2D eigenvalue weighted by Crippen LogP contribution is 2.19. The Labute approximate surface area is 92.2 Å². The Morgan fingerprint density at radius 1 is 1.47 bits per heavy atom. The molecule has 2 heterocycles. The largest absolute Gasteiger partial charge is 0.383 e. The summed E-state index contributed by atoms with van der Waals surface area (Å²) in [6.07, 6.45) is 6.23. The van der Waals surface area contributed by atoms with Gasteiger partial charge in [-0.15, -0.1) is 0 Å². The van der Waals surface area contributed by atoms with Gasteiger partial charge in [0.2, 0.25) is 0 Å². The van der Waals surface area contributed by atoms with Crippen molar-refractivity contribution < 1.29 is 0 Å². The van der Waals surface area contributed by atoms with E-state index in [1.165, 1.54) is 6.33 Å². The van der Waals surface area contributed by atoms with Gasteiger partial charge in [0.15, 0.2) is 5.65 Å². The van der Waals surface area contributed by atoms with Crippen LogP contribution in [0.25, 0.3) is 17.1 Å². The number of allylic oxidation sites excluding steroid dienone is 1. The Balaban J connectivity index is 2.44. The SMILES string of the molecule is Nc1ncnc2n[nH]c(C=CCCS)c12. The molecule has 0 aliphatic heterocycles. The number of nitrogens with two attached hydrogens (primary N) is 1. The molecule has 0 aliphatic rings. The van der Waals surface area contributed by atoms with E-state index in [2.05, 4.69) is 32.8 Å². The minimum absolute atomic E-state index is 0.444. The van der Waals surface area contributed by atoms with Crippen molar-refractivity contribution in [3.05, 3.63) is 18.1 Å². The number of fused-ring (bicyclic) bond motifs is 1. The van der Waals surface area contributed by atoms with Crippen LogP contribution in [0.4, 0.5) is 5.82 Å². The van der Waals surface area contributed by atoms with Crippen molar-refractivity contribution in [2.75, 3.05) is 11.5 Å². The molecule has 0 spiro atoms. The summed E-state index contributed by atoms with van der Waals surface area (Å²) < 4.78 is 0. The first-order valence-corrected chi connectivity index (χ1v) is 5.18. The maximum atomic E-state index is 5.75. The van der Waals surface area contributed by atoms with E-state index in [-0.39, 0.29) is 0 Å². The van der Waals surface area contributed by atoms with Crippen LogP contribution < -0.4 is 5.73 Å². The van der Waals surface area contributed by atoms with Crippen molar-refractivity contribution in [3.63, 3.8) is 0 Å². The number of nitrogen functional groups attached to an aromatic ring is 1. The fourth-order valence-electron chi connectivity index (χ4n) is 1.30. The van der Waals surface area contributed by atoms with Crippen LogP contribution in [0.3, 0.4) is 0 Å². The molecule has 2 rings (SSSR count). The normalized spacial score (nSPS) is 11.5. The molecule has 0 aromatic carbocycles. The topological polar surface area (TPSA) is 80.5 Å². The van der Waals surface area contributed by atoms with Gasteiger partial charge in [0.1, 0.15) is 12.1 Å². The number of hydrogen-bond donors (Lipinski definition) is 3. The zero-order valence-corrected chi connectivity index (χ0v) is 8.91. The van der Waals surface area contributed by atoms with Gasteiger partial charge in [-0.3, -0.25) is 5.10 Å². The van der Waals surface area contributed by atoms with Gasteiger partial charge in [0, 0.05) is 0 Å². The summed E-state index contributed by atoms with van der Waals surface area (Å²) in [5, 5.41) is 7.67. The highest BCUT2D eigenvalue weighted by molar-refractivity contribution is 7.80. The molecule has 3 N–H and O–H groups in total. The lowest BCUT2D eigenvalue weighted by atomic mass is 10.2. The first-order valence-electron chi connectivity index (χ1n) is 4.55. The van der Waals surface area contributed by atoms with E-state index in [4.69, 9.17) is 5.73 Å². The van der Waals surface area contributed by atoms with Gasteiger partial charge < -0.3 is 5.73 Å². The third-order valence-electron chi connectivity index (χ3n) is 1.99. The van der Waals surface area contributed by atoms with Gasteiger partial charge in [0.05, 0.1) is 11.1 Å². The van der Waals surface area contributed by atoms with Gasteiger partial charge in [-0.1, -0.05) is 6.08 Å². The lowest BCUT2D eigenvalue weighted by Gasteiger charge is -1.93. The summed E-state index contributed by atoms with van der Waals surface area (Å²) in [5.41, 5.74) is 7.17. The Morgan fingerprint density at radius 3 is 3.13 bits per heavy atom. The number of rotatable bonds is 3. The van der Waals surface area contributed by atoms with Crippen LogP contribution in [0.2, 0.25) is 0 Å². The average molecular weight is 221 g/mol. The fourth-order valence-corrected chi connectivity index (χ4v) is 1.45. The van der Waals surface area contributed by atoms with Gasteiger partial charge in [-0.2, -0.15) is 17.7 Å². The van der Waals surface area contributed by atoms with E-state index in [0.29, 0.717) is 11.5 Å². The van der Waals surface area contributed by atoms with Gasteiger partial charge in [-0.25, -0.2) is 9.97 Å². The molecule has 0 saturated carbocycles. The van der Waals surface area contributed by atoms with Crippen molar-refractivity contribution in [1.82, 2.24) is 20.2 Å². The molecule has 78 valence electrons. The van der Waals surface area contributed by atoms with Crippen LogP contribution in [0.1, 0.15) is 12.1 Å². The van der Waals surface area contributed by atoms with Gasteiger partial charge in [-0.05, 0) is 18.2 Å². The van der Waals surface area contributed by atoms with E-state index in [0.717, 1.165) is 23.3 Å². The molecule has 0 atom stereocenters. The Morgan fingerprint density at radius 2 is 2.33 bits per heavy atom. The summed E-state index contributed by atoms with van der Waals surface area (Å²) in [6, 6.07) is 0. The first kappa shape index (κ1) is 9.97. The fraction of sp³-hybridized carbons (Fsp3) is 0.222. The molecule has 0 saturated heterocycles.